The van der Waals surface area contributed by atoms with E-state index in [1.165, 1.54) is 0 Å². The molecule has 1 aromatic heterocycles. The molecule has 0 unspecified atom stereocenters. The zero-order chi connectivity index (χ0) is 19.5. The smallest absolute Gasteiger partial charge is 0.338 e. The van der Waals surface area contributed by atoms with E-state index in [4.69, 9.17) is 16.3 Å². The number of aromatic nitrogens is 2. The standard InChI is InChI=1S/C22H15ClN2O3/c23-17-9-5-4-8-16(17)20(26)13-28-22(27)15-10-11-18-19(12-15)25-21(24-18)14-6-2-1-3-7-14/h1-12H,13H2,(H,24,25). The van der Waals surface area contributed by atoms with Crippen LogP contribution in [0.1, 0.15) is 20.7 Å². The van der Waals surface area contributed by atoms with Crippen LogP contribution < -0.4 is 0 Å². The van der Waals surface area contributed by atoms with Crippen molar-refractivity contribution in [3.8, 4) is 11.4 Å². The van der Waals surface area contributed by atoms with Crippen molar-refractivity contribution in [2.24, 2.45) is 0 Å². The van der Waals surface area contributed by atoms with Crippen molar-refractivity contribution in [2.45, 2.75) is 0 Å². The number of carbonyl (C=O) groups is 2. The summed E-state index contributed by atoms with van der Waals surface area (Å²) in [6.07, 6.45) is 0. The van der Waals surface area contributed by atoms with Gasteiger partial charge in [0.05, 0.1) is 21.6 Å². The van der Waals surface area contributed by atoms with Crippen molar-refractivity contribution in [3.05, 3.63) is 88.9 Å². The van der Waals surface area contributed by atoms with E-state index in [-0.39, 0.29) is 12.4 Å². The van der Waals surface area contributed by atoms with E-state index in [9.17, 15) is 9.59 Å². The molecular weight excluding hydrogens is 376 g/mol. The highest BCUT2D eigenvalue weighted by molar-refractivity contribution is 6.34. The Morgan fingerprint density at radius 1 is 0.964 bits per heavy atom. The third-order valence-electron chi connectivity index (χ3n) is 4.27. The maximum atomic E-state index is 12.3. The Bertz CT molecular complexity index is 1170. The van der Waals surface area contributed by atoms with Crippen molar-refractivity contribution in [2.75, 3.05) is 6.61 Å². The molecule has 4 rings (SSSR count). The maximum absolute atomic E-state index is 12.3. The van der Waals surface area contributed by atoms with E-state index >= 15 is 0 Å². The number of halogens is 1. The molecule has 28 heavy (non-hydrogen) atoms. The summed E-state index contributed by atoms with van der Waals surface area (Å²) >= 11 is 6.00. The van der Waals surface area contributed by atoms with E-state index in [1.807, 2.05) is 30.3 Å². The second-order valence-electron chi connectivity index (χ2n) is 6.16. The maximum Gasteiger partial charge on any atom is 0.338 e. The number of nitrogens with zero attached hydrogens (tertiary/aromatic N) is 1. The molecular formula is C22H15ClN2O3. The van der Waals surface area contributed by atoms with Crippen molar-refractivity contribution >= 4 is 34.4 Å². The Kier molecular flexibility index (Phi) is 4.91. The number of ether oxygens (including phenoxy) is 1. The number of Topliss-reactive ketones (excluding diaryl/α,β-unsaturated/α-hetero) is 1. The van der Waals surface area contributed by atoms with Crippen LogP contribution in [-0.4, -0.2) is 28.3 Å². The van der Waals surface area contributed by atoms with Crippen LogP contribution in [0.15, 0.2) is 72.8 Å². The van der Waals surface area contributed by atoms with Crippen LogP contribution in [0.25, 0.3) is 22.4 Å². The first-order valence-corrected chi connectivity index (χ1v) is 8.99. The molecule has 138 valence electrons. The van der Waals surface area contributed by atoms with E-state index in [0.717, 1.165) is 16.9 Å². The first-order chi connectivity index (χ1) is 13.6. The molecule has 1 N–H and O–H groups in total. The van der Waals surface area contributed by atoms with Gasteiger partial charge in [0.15, 0.2) is 6.61 Å². The predicted octanol–water partition coefficient (Wildman–Crippen LogP) is 4.92. The number of imidazole rings is 1. The number of nitrogens with one attached hydrogen (secondary N) is 1. The third-order valence-corrected chi connectivity index (χ3v) is 4.60. The molecule has 0 aliphatic heterocycles. The van der Waals surface area contributed by atoms with Gasteiger partial charge >= 0.3 is 5.97 Å². The van der Waals surface area contributed by atoms with Crippen molar-refractivity contribution < 1.29 is 14.3 Å². The van der Waals surface area contributed by atoms with Gasteiger partial charge in [0.2, 0.25) is 5.78 Å². The Labute approximate surface area is 165 Å². The molecule has 1 heterocycles. The average molecular weight is 391 g/mol. The molecule has 0 fully saturated rings. The van der Waals surface area contributed by atoms with Gasteiger partial charge in [0.25, 0.3) is 0 Å². The second-order valence-corrected chi connectivity index (χ2v) is 6.57. The van der Waals surface area contributed by atoms with Crippen LogP contribution in [0.3, 0.4) is 0 Å². The number of benzene rings is 3. The quantitative estimate of drug-likeness (QED) is 0.387. The third kappa shape index (κ3) is 3.66. The number of esters is 1. The molecule has 6 heteroatoms. The summed E-state index contributed by atoms with van der Waals surface area (Å²) in [7, 11) is 0. The minimum atomic E-state index is -0.585. The number of rotatable bonds is 5. The van der Waals surface area contributed by atoms with Gasteiger partial charge in [0.1, 0.15) is 5.82 Å². The Balaban J connectivity index is 1.50. The molecule has 0 bridgehead atoms. The van der Waals surface area contributed by atoms with Crippen LogP contribution in [0.2, 0.25) is 5.02 Å². The minimum absolute atomic E-state index is 0.327. The molecule has 0 atom stereocenters. The molecule has 0 saturated heterocycles. The molecule has 4 aromatic rings. The molecule has 0 saturated carbocycles. The van der Waals surface area contributed by atoms with Gasteiger partial charge in [-0.15, -0.1) is 0 Å². The minimum Gasteiger partial charge on any atom is -0.454 e. The first-order valence-electron chi connectivity index (χ1n) is 8.62. The first kappa shape index (κ1) is 17.9. The number of hydrogen-bond acceptors (Lipinski definition) is 4. The van der Waals surface area contributed by atoms with Crippen LogP contribution in [-0.2, 0) is 4.74 Å². The number of fused-ring (bicyclic) bond motifs is 1. The molecule has 0 aliphatic carbocycles. The predicted molar refractivity (Wildman–Crippen MR) is 108 cm³/mol. The summed E-state index contributed by atoms with van der Waals surface area (Å²) in [5, 5.41) is 0.330. The Morgan fingerprint density at radius 2 is 1.71 bits per heavy atom. The van der Waals surface area contributed by atoms with Crippen molar-refractivity contribution in [1.82, 2.24) is 9.97 Å². The molecule has 3 aromatic carbocycles. The lowest BCUT2D eigenvalue weighted by molar-refractivity contribution is 0.0475. The number of hydrogen-bond donors (Lipinski definition) is 1. The summed E-state index contributed by atoms with van der Waals surface area (Å²) < 4.78 is 5.16. The molecule has 0 amide bonds. The lowest BCUT2D eigenvalue weighted by Gasteiger charge is -2.05. The van der Waals surface area contributed by atoms with Gasteiger partial charge in [0, 0.05) is 11.1 Å². The van der Waals surface area contributed by atoms with Gasteiger partial charge in [-0.3, -0.25) is 4.79 Å². The van der Waals surface area contributed by atoms with Crippen LogP contribution in [0, 0.1) is 0 Å². The SMILES string of the molecule is O=C(OCC(=O)c1ccccc1Cl)c1ccc2nc(-c3ccccc3)[nH]c2c1. The summed E-state index contributed by atoms with van der Waals surface area (Å²) in [6, 6.07) is 21.4. The van der Waals surface area contributed by atoms with Gasteiger partial charge in [-0.1, -0.05) is 54.1 Å². The lowest BCUT2D eigenvalue weighted by Crippen LogP contribution is -2.14. The van der Waals surface area contributed by atoms with Crippen LogP contribution >= 0.6 is 11.6 Å². The number of carbonyl (C=O) groups excluding carboxylic acids is 2. The highest BCUT2D eigenvalue weighted by Crippen LogP contribution is 2.21. The van der Waals surface area contributed by atoms with Gasteiger partial charge in [-0.25, -0.2) is 9.78 Å². The normalized spacial score (nSPS) is 10.8. The molecule has 0 spiro atoms. The summed E-state index contributed by atoms with van der Waals surface area (Å²) in [6.45, 7) is -0.376. The van der Waals surface area contributed by atoms with Crippen LogP contribution in [0.4, 0.5) is 0 Å². The zero-order valence-electron chi connectivity index (χ0n) is 14.7. The van der Waals surface area contributed by atoms with Crippen LogP contribution in [0.5, 0.6) is 0 Å². The fourth-order valence-corrected chi connectivity index (χ4v) is 3.09. The summed E-state index contributed by atoms with van der Waals surface area (Å²) in [4.78, 5) is 32.3. The number of aromatic amines is 1. The lowest BCUT2D eigenvalue weighted by atomic mass is 10.1. The topological polar surface area (TPSA) is 72.1 Å². The largest absolute Gasteiger partial charge is 0.454 e. The van der Waals surface area contributed by atoms with Gasteiger partial charge in [-0.05, 0) is 30.3 Å². The van der Waals surface area contributed by atoms with Crippen molar-refractivity contribution in [1.29, 1.82) is 0 Å². The monoisotopic (exact) mass is 390 g/mol. The van der Waals surface area contributed by atoms with Gasteiger partial charge in [-0.2, -0.15) is 0 Å². The summed E-state index contributed by atoms with van der Waals surface area (Å²) in [5.41, 5.74) is 3.07. The fourth-order valence-electron chi connectivity index (χ4n) is 2.85. The number of H-pyrrole nitrogens is 1. The summed E-state index contributed by atoms with van der Waals surface area (Å²) in [5.74, 6) is -0.221. The second kappa shape index (κ2) is 7.66. The molecule has 0 aliphatic rings. The van der Waals surface area contributed by atoms with Crippen molar-refractivity contribution in [3.63, 3.8) is 0 Å². The van der Waals surface area contributed by atoms with E-state index in [1.54, 1.807) is 42.5 Å². The van der Waals surface area contributed by atoms with E-state index in [2.05, 4.69) is 9.97 Å². The Morgan fingerprint density at radius 3 is 2.50 bits per heavy atom. The average Bonchev–Trinajstić information content (AvgIpc) is 3.16. The number of ketones is 1. The highest BCUT2D eigenvalue weighted by Gasteiger charge is 2.15. The highest BCUT2D eigenvalue weighted by atomic mass is 35.5. The Hall–Kier alpha value is -3.44. The zero-order valence-corrected chi connectivity index (χ0v) is 15.4. The molecule has 0 radical (unpaired) electrons. The molecule has 5 nitrogen and oxygen atoms in total. The van der Waals surface area contributed by atoms with E-state index < -0.39 is 5.97 Å². The fraction of sp³-hybridized carbons (Fsp3) is 0.0455. The van der Waals surface area contributed by atoms with E-state index in [0.29, 0.717) is 21.7 Å². The van der Waals surface area contributed by atoms with Gasteiger partial charge < -0.3 is 9.72 Å².